The number of benzene rings is 2. The number of para-hydroxylation sites is 2. The Labute approximate surface area is 106 Å². The number of rotatable bonds is 2. The lowest BCUT2D eigenvalue weighted by Gasteiger charge is -2.09. The zero-order valence-corrected chi connectivity index (χ0v) is 10.1. The summed E-state index contributed by atoms with van der Waals surface area (Å²) in [5.74, 6) is 0.805. The summed E-state index contributed by atoms with van der Waals surface area (Å²) >= 11 is 0. The minimum Gasteiger partial charge on any atom is -0.371 e. The summed E-state index contributed by atoms with van der Waals surface area (Å²) in [6.45, 7) is 0. The molecule has 88 valence electrons. The highest BCUT2D eigenvalue weighted by molar-refractivity contribution is 5.82. The van der Waals surface area contributed by atoms with E-state index in [2.05, 4.69) is 10.3 Å². The molecule has 3 heteroatoms. The molecule has 1 aromatic heterocycles. The average molecular weight is 235 g/mol. The van der Waals surface area contributed by atoms with Crippen molar-refractivity contribution >= 4 is 16.9 Å². The quantitative estimate of drug-likeness (QED) is 0.740. The van der Waals surface area contributed by atoms with E-state index in [1.54, 1.807) is 0 Å². The molecule has 0 fully saturated rings. The number of fused-ring (bicyclic) bond motifs is 1. The van der Waals surface area contributed by atoms with Gasteiger partial charge >= 0.3 is 0 Å². The van der Waals surface area contributed by atoms with E-state index in [0.29, 0.717) is 0 Å². The van der Waals surface area contributed by atoms with E-state index in [4.69, 9.17) is 4.98 Å². The van der Waals surface area contributed by atoms with Gasteiger partial charge in [-0.15, -0.1) is 0 Å². The van der Waals surface area contributed by atoms with Gasteiger partial charge < -0.3 is 5.32 Å². The van der Waals surface area contributed by atoms with E-state index in [-0.39, 0.29) is 0 Å². The zero-order chi connectivity index (χ0) is 12.4. The van der Waals surface area contributed by atoms with E-state index in [1.807, 2.05) is 61.6 Å². The lowest BCUT2D eigenvalue weighted by molar-refractivity contribution is 1.26. The van der Waals surface area contributed by atoms with Gasteiger partial charge in [-0.3, -0.25) is 0 Å². The van der Waals surface area contributed by atoms with E-state index in [9.17, 15) is 0 Å². The van der Waals surface area contributed by atoms with Crippen molar-refractivity contribution in [3.8, 4) is 11.3 Å². The predicted octanol–water partition coefficient (Wildman–Crippen LogP) is 3.34. The smallest absolute Gasteiger partial charge is 0.153 e. The lowest BCUT2D eigenvalue weighted by Crippen LogP contribution is -1.99. The molecule has 0 aliphatic heterocycles. The van der Waals surface area contributed by atoms with Crippen molar-refractivity contribution in [3.63, 3.8) is 0 Å². The largest absolute Gasteiger partial charge is 0.371 e. The molecule has 1 N–H and O–H groups in total. The van der Waals surface area contributed by atoms with Crippen LogP contribution >= 0.6 is 0 Å². The molecule has 2 aromatic carbocycles. The monoisotopic (exact) mass is 235 g/mol. The van der Waals surface area contributed by atoms with Gasteiger partial charge in [-0.05, 0) is 12.1 Å². The Kier molecular flexibility index (Phi) is 2.65. The van der Waals surface area contributed by atoms with Crippen LogP contribution in [0.2, 0.25) is 0 Å². The van der Waals surface area contributed by atoms with Crippen LogP contribution < -0.4 is 5.32 Å². The fraction of sp³-hybridized carbons (Fsp3) is 0.0667. The van der Waals surface area contributed by atoms with Crippen LogP contribution in [0, 0.1) is 0 Å². The molecule has 0 unspecified atom stereocenters. The summed E-state index contributed by atoms with van der Waals surface area (Å²) in [5, 5.41) is 3.11. The van der Waals surface area contributed by atoms with E-state index < -0.39 is 0 Å². The molecule has 0 aliphatic carbocycles. The van der Waals surface area contributed by atoms with Crippen molar-refractivity contribution in [3.05, 3.63) is 54.6 Å². The van der Waals surface area contributed by atoms with Crippen LogP contribution in [0.15, 0.2) is 54.6 Å². The van der Waals surface area contributed by atoms with Gasteiger partial charge in [0.05, 0.1) is 11.0 Å². The number of nitrogens with zero attached hydrogens (tertiary/aromatic N) is 2. The van der Waals surface area contributed by atoms with Gasteiger partial charge in [-0.2, -0.15) is 0 Å². The number of hydrogen-bond acceptors (Lipinski definition) is 3. The number of nitrogens with one attached hydrogen (secondary N) is 1. The zero-order valence-electron chi connectivity index (χ0n) is 10.1. The lowest BCUT2D eigenvalue weighted by atomic mass is 10.1. The topological polar surface area (TPSA) is 37.8 Å². The van der Waals surface area contributed by atoms with Crippen molar-refractivity contribution < 1.29 is 0 Å². The summed E-state index contributed by atoms with van der Waals surface area (Å²) < 4.78 is 0. The van der Waals surface area contributed by atoms with Crippen LogP contribution in [-0.2, 0) is 0 Å². The summed E-state index contributed by atoms with van der Waals surface area (Å²) in [5.41, 5.74) is 3.77. The summed E-state index contributed by atoms with van der Waals surface area (Å²) in [4.78, 5) is 9.29. The summed E-state index contributed by atoms with van der Waals surface area (Å²) in [6, 6.07) is 18.0. The molecule has 3 rings (SSSR count). The molecule has 0 bridgehead atoms. The Bertz CT molecular complexity index is 678. The molecule has 0 aliphatic rings. The molecule has 0 atom stereocenters. The third kappa shape index (κ3) is 1.80. The standard InChI is InChI=1S/C15H13N3/c1-16-15-14(11-7-3-2-4-8-11)17-12-9-5-6-10-13(12)18-15/h2-10H,1H3,(H,16,18). The maximum atomic E-state index is 4.69. The molecule has 3 nitrogen and oxygen atoms in total. The van der Waals surface area contributed by atoms with E-state index in [1.165, 1.54) is 0 Å². The Balaban J connectivity index is 2.27. The van der Waals surface area contributed by atoms with Crippen LogP contribution in [0.4, 0.5) is 5.82 Å². The molecule has 18 heavy (non-hydrogen) atoms. The highest BCUT2D eigenvalue weighted by Gasteiger charge is 2.08. The van der Waals surface area contributed by atoms with Crippen LogP contribution in [0.1, 0.15) is 0 Å². The molecule has 0 saturated carbocycles. The molecule has 0 amide bonds. The molecule has 0 saturated heterocycles. The van der Waals surface area contributed by atoms with Crippen LogP contribution in [0.5, 0.6) is 0 Å². The fourth-order valence-electron chi connectivity index (χ4n) is 1.97. The van der Waals surface area contributed by atoms with Crippen molar-refractivity contribution in [2.24, 2.45) is 0 Å². The Morgan fingerprint density at radius 2 is 1.39 bits per heavy atom. The third-order valence-corrected chi connectivity index (χ3v) is 2.85. The first-order chi connectivity index (χ1) is 8.88. The maximum absolute atomic E-state index is 4.69. The first-order valence-electron chi connectivity index (χ1n) is 5.88. The van der Waals surface area contributed by atoms with Crippen molar-refractivity contribution in [2.45, 2.75) is 0 Å². The van der Waals surface area contributed by atoms with Crippen molar-refractivity contribution in [1.29, 1.82) is 0 Å². The molecule has 1 heterocycles. The van der Waals surface area contributed by atoms with Gasteiger partial charge in [-0.25, -0.2) is 9.97 Å². The van der Waals surface area contributed by atoms with Gasteiger partial charge in [-0.1, -0.05) is 42.5 Å². The van der Waals surface area contributed by atoms with E-state index in [0.717, 1.165) is 28.1 Å². The minimum absolute atomic E-state index is 0.805. The average Bonchev–Trinajstić information content (AvgIpc) is 2.46. The van der Waals surface area contributed by atoms with E-state index >= 15 is 0 Å². The number of anilines is 1. The van der Waals surface area contributed by atoms with Gasteiger partial charge in [0, 0.05) is 12.6 Å². The second-order valence-corrected chi connectivity index (χ2v) is 4.03. The highest BCUT2D eigenvalue weighted by Crippen LogP contribution is 2.26. The molecule has 0 radical (unpaired) electrons. The Morgan fingerprint density at radius 3 is 2.06 bits per heavy atom. The van der Waals surface area contributed by atoms with Crippen LogP contribution in [-0.4, -0.2) is 17.0 Å². The second-order valence-electron chi connectivity index (χ2n) is 4.03. The molecule has 0 spiro atoms. The summed E-state index contributed by atoms with van der Waals surface area (Å²) in [6.07, 6.45) is 0. The molecule has 3 aromatic rings. The van der Waals surface area contributed by atoms with Gasteiger partial charge in [0.15, 0.2) is 5.82 Å². The minimum atomic E-state index is 0.805. The van der Waals surface area contributed by atoms with Crippen LogP contribution in [0.25, 0.3) is 22.3 Å². The first kappa shape index (κ1) is 10.7. The first-order valence-corrected chi connectivity index (χ1v) is 5.88. The number of hydrogen-bond donors (Lipinski definition) is 1. The SMILES string of the molecule is CNc1nc2ccccc2nc1-c1ccccc1. The van der Waals surface area contributed by atoms with Crippen molar-refractivity contribution in [1.82, 2.24) is 9.97 Å². The molecular weight excluding hydrogens is 222 g/mol. The fourth-order valence-corrected chi connectivity index (χ4v) is 1.97. The molecular formula is C15H13N3. The Hall–Kier alpha value is -2.42. The van der Waals surface area contributed by atoms with Gasteiger partial charge in [0.1, 0.15) is 5.69 Å². The second kappa shape index (κ2) is 4.45. The van der Waals surface area contributed by atoms with Crippen LogP contribution in [0.3, 0.4) is 0 Å². The highest BCUT2D eigenvalue weighted by atomic mass is 15.0. The van der Waals surface area contributed by atoms with Gasteiger partial charge in [0.2, 0.25) is 0 Å². The normalized spacial score (nSPS) is 10.5. The number of aromatic nitrogens is 2. The summed E-state index contributed by atoms with van der Waals surface area (Å²) in [7, 11) is 1.87. The van der Waals surface area contributed by atoms with Gasteiger partial charge in [0.25, 0.3) is 0 Å². The Morgan fingerprint density at radius 1 is 0.778 bits per heavy atom. The third-order valence-electron chi connectivity index (χ3n) is 2.85. The van der Waals surface area contributed by atoms with Crippen molar-refractivity contribution in [2.75, 3.05) is 12.4 Å². The predicted molar refractivity (Wildman–Crippen MR) is 74.5 cm³/mol. The maximum Gasteiger partial charge on any atom is 0.153 e.